The molecule has 0 aromatic heterocycles. The lowest BCUT2D eigenvalue weighted by atomic mass is 10.2. The Labute approximate surface area is 527 Å². The molecule has 6 N–H and O–H groups in total. The number of hydrogen-bond acceptors (Lipinski definition) is 14. The minimum atomic E-state index is -0.0988. The molecule has 3 saturated heterocycles. The van der Waals surface area contributed by atoms with Gasteiger partial charge in [-0.1, -0.05) is 98.4 Å². The van der Waals surface area contributed by atoms with Gasteiger partial charge in [0.15, 0.2) is 0 Å². The molecule has 4 amide bonds. The zero-order valence-electron chi connectivity index (χ0n) is 49.6. The first kappa shape index (κ1) is 65.3. The Morgan fingerprint density at radius 1 is 0.378 bits per heavy atom. The van der Waals surface area contributed by atoms with E-state index in [1.807, 2.05) is 186 Å². The van der Waals surface area contributed by atoms with Gasteiger partial charge in [0.25, 0.3) is 0 Å². The van der Waals surface area contributed by atoms with Crippen molar-refractivity contribution in [3.05, 3.63) is 258 Å². The summed E-state index contributed by atoms with van der Waals surface area (Å²) in [4.78, 5) is 45.7. The molecule has 0 saturated carbocycles. The minimum Gasteiger partial charge on any atom is -0.508 e. The molecule has 3 aliphatic heterocycles. The molecule has 3 fully saturated rings. The summed E-state index contributed by atoms with van der Waals surface area (Å²) in [5.74, 6) is 3.11. The molecule has 18 nitrogen and oxygen atoms in total. The van der Waals surface area contributed by atoms with Crippen molar-refractivity contribution in [3.8, 4) is 34.5 Å². The third-order valence-corrected chi connectivity index (χ3v) is 14.8. The predicted molar refractivity (Wildman–Crippen MR) is 359 cm³/mol. The molecular weight excluding hydrogens is 1130 g/mol. The van der Waals surface area contributed by atoms with Crippen molar-refractivity contribution in [2.24, 2.45) is 5.18 Å². The van der Waals surface area contributed by atoms with Crippen molar-refractivity contribution >= 4 is 46.2 Å². The van der Waals surface area contributed by atoms with E-state index in [1.165, 1.54) is 5.69 Å². The van der Waals surface area contributed by atoms with Gasteiger partial charge in [0.2, 0.25) is 0 Å². The Bertz CT molecular complexity index is 3360. The van der Waals surface area contributed by atoms with Gasteiger partial charge in [-0.25, -0.2) is 9.59 Å². The molecule has 9 aromatic rings. The molecule has 3 heterocycles. The lowest BCUT2D eigenvalue weighted by Gasteiger charge is -2.36. The number of phenols is 3. The third kappa shape index (κ3) is 21.0. The van der Waals surface area contributed by atoms with E-state index in [4.69, 9.17) is 19.3 Å². The summed E-state index contributed by atoms with van der Waals surface area (Å²) >= 11 is 0. The second-order valence-electron chi connectivity index (χ2n) is 21.1. The average Bonchev–Trinajstić information content (AvgIpc) is 3.80. The number of benzene rings is 9. The maximum Gasteiger partial charge on any atom is 0.321 e. The van der Waals surface area contributed by atoms with Crippen molar-refractivity contribution in [1.29, 1.82) is 0 Å². The zero-order chi connectivity index (χ0) is 61.8. The summed E-state index contributed by atoms with van der Waals surface area (Å²) in [6.45, 7) is 11.3. The van der Waals surface area contributed by atoms with Gasteiger partial charge in [0, 0.05) is 107 Å². The van der Waals surface area contributed by atoms with Gasteiger partial charge >= 0.3 is 12.1 Å². The Morgan fingerprint density at radius 3 is 0.967 bits per heavy atom. The van der Waals surface area contributed by atoms with Crippen LogP contribution in [0.25, 0.3) is 0 Å². The number of aromatic hydroxyl groups is 3. The minimum absolute atomic E-state index is 0. The van der Waals surface area contributed by atoms with Crippen LogP contribution in [0, 0.1) is 4.91 Å². The predicted octanol–water partition coefficient (Wildman–Crippen LogP) is 13.8. The number of amides is 4. The molecule has 466 valence electrons. The summed E-state index contributed by atoms with van der Waals surface area (Å²) in [7, 11) is 0. The smallest absolute Gasteiger partial charge is 0.321 e. The number of carbonyl (C=O) groups excluding carboxylic acids is 2. The monoisotopic (exact) mass is 1210 g/mol. The Kier molecular flexibility index (Phi) is 25.1. The maximum absolute atomic E-state index is 12.6. The topological polar surface area (TPSA) is 204 Å². The van der Waals surface area contributed by atoms with Crippen LogP contribution in [0.15, 0.2) is 242 Å². The first-order valence-corrected chi connectivity index (χ1v) is 29.7. The molecule has 90 heavy (non-hydrogen) atoms. The van der Waals surface area contributed by atoms with E-state index in [1.54, 1.807) is 60.7 Å². The van der Waals surface area contributed by atoms with Crippen molar-refractivity contribution < 1.29 is 39.1 Å². The van der Waals surface area contributed by atoms with Gasteiger partial charge in [-0.05, 0) is 167 Å². The van der Waals surface area contributed by atoms with Crippen molar-refractivity contribution in [1.82, 2.24) is 15.1 Å². The summed E-state index contributed by atoms with van der Waals surface area (Å²) in [5.41, 5.74) is 8.54. The lowest BCUT2D eigenvalue weighted by Crippen LogP contribution is -2.50. The van der Waals surface area contributed by atoms with Crippen LogP contribution in [0.3, 0.4) is 0 Å². The Hall–Kier alpha value is -10.7. The molecule has 0 spiro atoms. The highest BCUT2D eigenvalue weighted by Crippen LogP contribution is 2.25. The number of anilines is 5. The van der Waals surface area contributed by atoms with Crippen molar-refractivity contribution in [3.63, 3.8) is 0 Å². The number of urea groups is 2. The Morgan fingerprint density at radius 2 is 0.667 bits per heavy atom. The molecule has 0 radical (unpaired) electrons. The van der Waals surface area contributed by atoms with E-state index in [0.717, 1.165) is 109 Å². The summed E-state index contributed by atoms with van der Waals surface area (Å²) in [5, 5.41) is 40.0. The molecule has 0 bridgehead atoms. The van der Waals surface area contributed by atoms with Crippen molar-refractivity contribution in [2.75, 3.05) is 104 Å². The molecule has 3 aliphatic rings. The zero-order valence-corrected chi connectivity index (χ0v) is 49.6. The second-order valence-corrected chi connectivity index (χ2v) is 21.1. The molecule has 9 aromatic carbocycles. The number of nitroso groups, excluding NO2 is 1. The van der Waals surface area contributed by atoms with Gasteiger partial charge in [-0.2, -0.15) is 0 Å². The third-order valence-electron chi connectivity index (χ3n) is 14.8. The molecule has 0 aliphatic carbocycles. The van der Waals surface area contributed by atoms with Crippen LogP contribution < -0.4 is 44.9 Å². The van der Waals surface area contributed by atoms with Gasteiger partial charge in [0.05, 0.1) is 0 Å². The number of carbonyl (C=O) groups is 2. The second kappa shape index (κ2) is 34.6. The van der Waals surface area contributed by atoms with Crippen LogP contribution in [-0.2, 0) is 19.8 Å². The standard InChI is InChI=1S/2C24H25N3O3.C13H11NO2.C10H14N2O.CH4/c2*28-22-10-8-21(9-11-22)26-14-16-27(17-15-26)24(29)25-20-6-12-23(13-7-20)30-18-19-4-2-1-3-5-19;15-14-12-6-8-13(9-7-12)16-10-11-4-2-1-3-5-11;13-10-3-1-9(2-4-10)12-7-5-11-6-8-12;/h2*1-13,28H,14-18H2,(H,25,29);1-9H,10H2;1-4,11,13H,5-8H2;1H4. The van der Waals surface area contributed by atoms with Crippen LogP contribution in [0.2, 0.25) is 0 Å². The molecule has 0 atom stereocenters. The number of piperazine rings is 3. The number of nitrogens with zero attached hydrogens (tertiary/aromatic N) is 6. The molecule has 18 heteroatoms. The number of hydrogen-bond donors (Lipinski definition) is 6. The van der Waals surface area contributed by atoms with Gasteiger partial charge < -0.3 is 70.0 Å². The van der Waals surface area contributed by atoms with Gasteiger partial charge in [-0.15, -0.1) is 4.91 Å². The number of ether oxygens (including phenoxy) is 3. The highest BCUT2D eigenvalue weighted by molar-refractivity contribution is 5.90. The van der Waals surface area contributed by atoms with Gasteiger partial charge in [0.1, 0.15) is 60.0 Å². The first-order chi connectivity index (χ1) is 43.6. The van der Waals surface area contributed by atoms with Crippen molar-refractivity contribution in [2.45, 2.75) is 27.2 Å². The fourth-order valence-corrected chi connectivity index (χ4v) is 9.75. The van der Waals surface area contributed by atoms with E-state index < -0.39 is 0 Å². The highest BCUT2D eigenvalue weighted by Gasteiger charge is 2.23. The summed E-state index contributed by atoms with van der Waals surface area (Å²) < 4.78 is 17.1. The van der Waals surface area contributed by atoms with E-state index in [2.05, 4.69) is 35.8 Å². The quantitative estimate of drug-likeness (QED) is 0.0530. The largest absolute Gasteiger partial charge is 0.508 e. The van der Waals surface area contributed by atoms with E-state index >= 15 is 0 Å². The SMILES string of the molecule is C.O=C(Nc1ccc(OCc2ccccc2)cc1)N1CCN(c2ccc(O)cc2)CC1.O=C(Nc1ccc(OCc2ccccc2)cc1)N1CCN(c2ccc(O)cc2)CC1.O=Nc1ccc(OCc2ccccc2)cc1.Oc1ccc(N2CCNCC2)cc1. The number of rotatable bonds is 15. The fraction of sp³-hybridized carbons (Fsp3) is 0.222. The molecule has 0 unspecified atom stereocenters. The molecular formula is C72H79N9O9. The van der Waals surface area contributed by atoms with Crippen LogP contribution >= 0.6 is 0 Å². The lowest BCUT2D eigenvalue weighted by molar-refractivity contribution is 0.207. The Balaban J connectivity index is 0.000000163. The highest BCUT2D eigenvalue weighted by atomic mass is 16.5. The maximum atomic E-state index is 12.6. The van der Waals surface area contributed by atoms with Crippen LogP contribution in [0.5, 0.6) is 34.5 Å². The summed E-state index contributed by atoms with van der Waals surface area (Å²) in [6, 6.07) is 73.0. The number of phenolic OH excluding ortho intramolecular Hbond substituents is 3. The molecule has 12 rings (SSSR count). The first-order valence-electron chi connectivity index (χ1n) is 29.7. The van der Waals surface area contributed by atoms with Crippen LogP contribution in [0.1, 0.15) is 24.1 Å². The number of nitrogens with one attached hydrogen (secondary N) is 3. The van der Waals surface area contributed by atoms with Gasteiger partial charge in [-0.3, -0.25) is 0 Å². The normalized spacial score (nSPS) is 13.4. The van der Waals surface area contributed by atoms with Crippen LogP contribution in [-0.4, -0.2) is 116 Å². The fourth-order valence-electron chi connectivity index (χ4n) is 9.75. The van der Waals surface area contributed by atoms with Crippen LogP contribution in [0.4, 0.5) is 43.7 Å². The van der Waals surface area contributed by atoms with E-state index in [0.29, 0.717) is 57.4 Å². The van der Waals surface area contributed by atoms with E-state index in [9.17, 15) is 24.7 Å². The average molecular weight is 1210 g/mol. The summed E-state index contributed by atoms with van der Waals surface area (Å²) in [6.07, 6.45) is 0. The van der Waals surface area contributed by atoms with E-state index in [-0.39, 0.29) is 31.0 Å².